The largest absolute Gasteiger partial charge is 0.507 e. The fourth-order valence-corrected chi connectivity index (χ4v) is 2.89. The van der Waals surface area contributed by atoms with E-state index in [9.17, 15) is 20.1 Å². The molecule has 0 heterocycles. The molecule has 3 aromatic carbocycles. The van der Waals surface area contributed by atoms with Crippen LogP contribution in [0.3, 0.4) is 0 Å². The molecule has 0 amide bonds. The number of aliphatic carboxylic acids is 1. The van der Waals surface area contributed by atoms with Gasteiger partial charge in [0.2, 0.25) is 0 Å². The first-order chi connectivity index (χ1) is 11.6. The summed E-state index contributed by atoms with van der Waals surface area (Å²) in [5.74, 6) is -1.32. The topological polar surface area (TPSA) is 77.8 Å². The molecule has 0 aliphatic heterocycles. The molecule has 0 fully saturated rings. The molecule has 0 aliphatic rings. The van der Waals surface area contributed by atoms with Gasteiger partial charge in [-0.05, 0) is 16.7 Å². The number of rotatable bonds is 4. The van der Waals surface area contributed by atoms with Gasteiger partial charge in [-0.2, -0.15) is 0 Å². The first-order valence-electron chi connectivity index (χ1n) is 7.48. The number of benzene rings is 3. The molecule has 0 radical (unpaired) electrons. The molecule has 4 heteroatoms. The lowest BCUT2D eigenvalue weighted by Gasteiger charge is -2.17. The Bertz CT molecular complexity index is 807. The summed E-state index contributed by atoms with van der Waals surface area (Å²) in [7, 11) is 0. The Morgan fingerprint density at radius 2 is 1.17 bits per heavy atom. The Balaban J connectivity index is 2.35. The summed E-state index contributed by atoms with van der Waals surface area (Å²) in [5.41, 5.74) is 2.63. The third-order valence-electron chi connectivity index (χ3n) is 3.84. The van der Waals surface area contributed by atoms with Gasteiger partial charge in [-0.1, -0.05) is 60.7 Å². The summed E-state index contributed by atoms with van der Waals surface area (Å²) < 4.78 is 0. The Kier molecular flexibility index (Phi) is 4.20. The molecule has 0 aliphatic carbocycles. The molecular formula is C20H16O4. The SMILES string of the molecule is O=C(O)Cc1c(-c2ccccc2)c(O)cc(O)c1-c1ccccc1. The summed E-state index contributed by atoms with van der Waals surface area (Å²) in [6.45, 7) is 0. The van der Waals surface area contributed by atoms with Crippen molar-refractivity contribution in [2.24, 2.45) is 0 Å². The number of hydrogen-bond acceptors (Lipinski definition) is 3. The second kappa shape index (κ2) is 6.46. The van der Waals surface area contributed by atoms with Crippen molar-refractivity contribution in [3.05, 3.63) is 72.3 Å². The average Bonchev–Trinajstić information content (AvgIpc) is 2.56. The predicted octanol–water partition coefficient (Wildman–Crippen LogP) is 4.06. The molecule has 0 atom stereocenters. The van der Waals surface area contributed by atoms with Crippen LogP contribution in [0.15, 0.2) is 66.7 Å². The van der Waals surface area contributed by atoms with Crippen LogP contribution in [0.2, 0.25) is 0 Å². The van der Waals surface area contributed by atoms with Gasteiger partial charge in [-0.15, -0.1) is 0 Å². The Morgan fingerprint density at radius 1 is 0.750 bits per heavy atom. The van der Waals surface area contributed by atoms with Crippen molar-refractivity contribution in [1.29, 1.82) is 0 Å². The third-order valence-corrected chi connectivity index (χ3v) is 3.84. The van der Waals surface area contributed by atoms with Crippen molar-refractivity contribution in [2.75, 3.05) is 0 Å². The van der Waals surface area contributed by atoms with Crippen molar-refractivity contribution in [3.8, 4) is 33.8 Å². The van der Waals surface area contributed by atoms with Crippen LogP contribution in [0.4, 0.5) is 0 Å². The average molecular weight is 320 g/mol. The van der Waals surface area contributed by atoms with Crippen LogP contribution >= 0.6 is 0 Å². The first kappa shape index (κ1) is 15.6. The van der Waals surface area contributed by atoms with Crippen LogP contribution < -0.4 is 0 Å². The first-order valence-corrected chi connectivity index (χ1v) is 7.48. The van der Waals surface area contributed by atoms with E-state index in [1.165, 1.54) is 6.07 Å². The number of hydrogen-bond donors (Lipinski definition) is 3. The van der Waals surface area contributed by atoms with Gasteiger partial charge in [0.1, 0.15) is 11.5 Å². The van der Waals surface area contributed by atoms with Crippen molar-refractivity contribution < 1.29 is 20.1 Å². The maximum Gasteiger partial charge on any atom is 0.307 e. The van der Waals surface area contributed by atoms with E-state index < -0.39 is 5.97 Å². The minimum atomic E-state index is -1.03. The lowest BCUT2D eigenvalue weighted by molar-refractivity contribution is -0.136. The lowest BCUT2D eigenvalue weighted by Crippen LogP contribution is -2.04. The molecule has 0 saturated heterocycles. The number of aromatic hydroxyl groups is 2. The zero-order chi connectivity index (χ0) is 17.1. The summed E-state index contributed by atoms with van der Waals surface area (Å²) in [6.07, 6.45) is -0.309. The van der Waals surface area contributed by atoms with Crippen LogP contribution in [0.1, 0.15) is 5.56 Å². The van der Waals surface area contributed by atoms with Crippen molar-refractivity contribution in [1.82, 2.24) is 0 Å². The van der Waals surface area contributed by atoms with Gasteiger partial charge in [-0.25, -0.2) is 0 Å². The van der Waals surface area contributed by atoms with Gasteiger partial charge in [0.25, 0.3) is 0 Å². The number of phenolic OH excluding ortho intramolecular Hbond substituents is 2. The van der Waals surface area contributed by atoms with Crippen LogP contribution in [0.25, 0.3) is 22.3 Å². The Labute approximate surface area is 139 Å². The molecule has 3 N–H and O–H groups in total. The summed E-state index contributed by atoms with van der Waals surface area (Å²) in [6, 6.07) is 19.4. The van der Waals surface area contributed by atoms with Crippen molar-refractivity contribution in [2.45, 2.75) is 6.42 Å². The molecule has 0 saturated carbocycles. The zero-order valence-electron chi connectivity index (χ0n) is 12.8. The number of phenols is 2. The van der Waals surface area contributed by atoms with Gasteiger partial charge in [0.05, 0.1) is 6.42 Å². The Morgan fingerprint density at radius 3 is 1.54 bits per heavy atom. The normalized spacial score (nSPS) is 10.5. The van der Waals surface area contributed by atoms with E-state index in [0.29, 0.717) is 27.8 Å². The molecule has 3 aromatic rings. The van der Waals surface area contributed by atoms with Crippen molar-refractivity contribution >= 4 is 5.97 Å². The molecule has 0 spiro atoms. The van der Waals surface area contributed by atoms with E-state index in [1.807, 2.05) is 36.4 Å². The van der Waals surface area contributed by atoms with Crippen LogP contribution in [-0.4, -0.2) is 21.3 Å². The summed E-state index contributed by atoms with van der Waals surface area (Å²) >= 11 is 0. The van der Waals surface area contributed by atoms with Gasteiger partial charge in [-0.3, -0.25) is 4.79 Å². The second-order valence-corrected chi connectivity index (χ2v) is 5.45. The van der Waals surface area contributed by atoms with Crippen molar-refractivity contribution in [3.63, 3.8) is 0 Å². The monoisotopic (exact) mass is 320 g/mol. The molecule has 0 unspecified atom stereocenters. The van der Waals surface area contributed by atoms with Gasteiger partial charge in [0.15, 0.2) is 0 Å². The molecule has 3 rings (SSSR count). The number of carbonyl (C=O) groups is 1. The predicted molar refractivity (Wildman–Crippen MR) is 92.0 cm³/mol. The zero-order valence-corrected chi connectivity index (χ0v) is 12.8. The maximum absolute atomic E-state index is 11.4. The highest BCUT2D eigenvalue weighted by Gasteiger charge is 2.21. The van der Waals surface area contributed by atoms with Gasteiger partial charge >= 0.3 is 5.97 Å². The summed E-state index contributed by atoms with van der Waals surface area (Å²) in [4.78, 5) is 11.4. The van der Waals surface area contributed by atoms with E-state index in [1.54, 1.807) is 24.3 Å². The van der Waals surface area contributed by atoms with Gasteiger partial charge in [0, 0.05) is 17.2 Å². The Hall–Kier alpha value is -3.27. The van der Waals surface area contributed by atoms with E-state index in [-0.39, 0.29) is 17.9 Å². The summed E-state index contributed by atoms with van der Waals surface area (Å²) in [5, 5.41) is 30.0. The molecule has 0 aromatic heterocycles. The van der Waals surface area contributed by atoms with Crippen LogP contribution in [-0.2, 0) is 11.2 Å². The lowest BCUT2D eigenvalue weighted by atomic mass is 9.88. The minimum Gasteiger partial charge on any atom is -0.507 e. The molecule has 24 heavy (non-hydrogen) atoms. The van der Waals surface area contributed by atoms with E-state index in [2.05, 4.69) is 0 Å². The van der Waals surface area contributed by atoms with Crippen LogP contribution in [0.5, 0.6) is 11.5 Å². The third kappa shape index (κ3) is 2.94. The van der Waals surface area contributed by atoms with Crippen LogP contribution in [0, 0.1) is 0 Å². The molecular weight excluding hydrogens is 304 g/mol. The number of carboxylic acid groups (broad SMARTS) is 1. The molecule has 120 valence electrons. The standard InChI is InChI=1S/C20H16O4/c21-16-12-17(22)20(14-9-5-2-6-10-14)15(11-18(23)24)19(16)13-7-3-1-4-8-13/h1-10,12,21-22H,11H2,(H,23,24). The molecule has 0 bridgehead atoms. The highest BCUT2D eigenvalue weighted by molar-refractivity contribution is 5.90. The second-order valence-electron chi connectivity index (χ2n) is 5.45. The minimum absolute atomic E-state index is 0.144. The van der Waals surface area contributed by atoms with E-state index in [4.69, 9.17) is 0 Å². The highest BCUT2D eigenvalue weighted by Crippen LogP contribution is 2.44. The fraction of sp³-hybridized carbons (Fsp3) is 0.0500. The smallest absolute Gasteiger partial charge is 0.307 e. The highest BCUT2D eigenvalue weighted by atomic mass is 16.4. The quantitative estimate of drug-likeness (QED) is 0.677. The van der Waals surface area contributed by atoms with E-state index >= 15 is 0 Å². The number of carboxylic acids is 1. The maximum atomic E-state index is 11.4. The fourth-order valence-electron chi connectivity index (χ4n) is 2.89. The van der Waals surface area contributed by atoms with Gasteiger partial charge < -0.3 is 15.3 Å². The molecule has 4 nitrogen and oxygen atoms in total. The van der Waals surface area contributed by atoms with E-state index in [0.717, 1.165) is 0 Å².